The Labute approximate surface area is 68.6 Å². The molecule has 0 aromatic heterocycles. The van der Waals surface area contributed by atoms with Crippen molar-refractivity contribution >= 4 is 10.8 Å². The molecule has 0 fully saturated rings. The average Bonchev–Trinajstić information content (AvgIpc) is 2.03. The van der Waals surface area contributed by atoms with Crippen LogP contribution in [-0.2, 0) is 10.8 Å². The highest BCUT2D eigenvalue weighted by atomic mass is 32.2. The van der Waals surface area contributed by atoms with Crippen LogP contribution in [-0.4, -0.2) is 16.4 Å². The first kappa shape index (κ1) is 8.27. The highest BCUT2D eigenvalue weighted by molar-refractivity contribution is 7.84. The van der Waals surface area contributed by atoms with Crippen LogP contribution in [0.3, 0.4) is 0 Å². The number of para-hydroxylation sites is 1. The second-order valence-electron chi connectivity index (χ2n) is 2.15. The molecule has 0 aliphatic heterocycles. The number of ether oxygens (including phenoxy) is 1. The molecule has 0 heterocycles. The van der Waals surface area contributed by atoms with Crippen LogP contribution in [0.15, 0.2) is 30.3 Å². The molecule has 60 valence electrons. The van der Waals surface area contributed by atoms with Crippen LogP contribution in [0.25, 0.3) is 0 Å². The minimum absolute atomic E-state index is 0.268. The largest absolute Gasteiger partial charge is 0.480 e. The van der Waals surface area contributed by atoms with Crippen molar-refractivity contribution in [3.8, 4) is 5.75 Å². The summed E-state index contributed by atoms with van der Waals surface area (Å²) in [5.41, 5.74) is 0. The summed E-state index contributed by atoms with van der Waals surface area (Å²) in [6, 6.07) is 9.36. The molecule has 0 aliphatic rings. The molecule has 0 radical (unpaired) electrons. The van der Waals surface area contributed by atoms with Gasteiger partial charge in [0, 0.05) is 6.26 Å². The van der Waals surface area contributed by atoms with Crippen molar-refractivity contribution < 1.29 is 8.95 Å². The van der Waals surface area contributed by atoms with Gasteiger partial charge in [0.2, 0.25) is 0 Å². The summed E-state index contributed by atoms with van der Waals surface area (Å²) in [6.45, 7) is 0. The normalized spacial score (nSPS) is 12.5. The van der Waals surface area contributed by atoms with Crippen molar-refractivity contribution in [1.82, 2.24) is 0 Å². The lowest BCUT2D eigenvalue weighted by atomic mass is 10.3. The van der Waals surface area contributed by atoms with Crippen molar-refractivity contribution in [1.29, 1.82) is 0 Å². The molecule has 3 heteroatoms. The van der Waals surface area contributed by atoms with Crippen molar-refractivity contribution in [2.24, 2.45) is 0 Å². The first-order valence-corrected chi connectivity index (χ1v) is 4.99. The molecule has 0 N–H and O–H groups in total. The lowest BCUT2D eigenvalue weighted by Gasteiger charge is -2.01. The average molecular weight is 170 g/mol. The van der Waals surface area contributed by atoms with Crippen molar-refractivity contribution in [3.63, 3.8) is 0 Å². The quantitative estimate of drug-likeness (QED) is 0.685. The monoisotopic (exact) mass is 170 g/mol. The Morgan fingerprint density at radius 2 is 2.00 bits per heavy atom. The van der Waals surface area contributed by atoms with Gasteiger partial charge >= 0.3 is 0 Å². The lowest BCUT2D eigenvalue weighted by Crippen LogP contribution is -2.02. The molecule has 1 aromatic carbocycles. The molecule has 0 saturated heterocycles. The van der Waals surface area contributed by atoms with E-state index in [9.17, 15) is 4.21 Å². The molecular weight excluding hydrogens is 160 g/mol. The molecule has 1 rings (SSSR count). The fraction of sp³-hybridized carbons (Fsp3) is 0.250. The Kier molecular flexibility index (Phi) is 3.11. The molecule has 0 saturated carbocycles. The highest BCUT2D eigenvalue weighted by Gasteiger charge is 1.91. The third-order valence-electron chi connectivity index (χ3n) is 1.13. The van der Waals surface area contributed by atoms with E-state index in [-0.39, 0.29) is 5.94 Å². The van der Waals surface area contributed by atoms with Gasteiger partial charge in [-0.05, 0) is 12.1 Å². The topological polar surface area (TPSA) is 26.3 Å². The maximum absolute atomic E-state index is 10.6. The summed E-state index contributed by atoms with van der Waals surface area (Å²) >= 11 is 0. The Morgan fingerprint density at radius 3 is 2.55 bits per heavy atom. The van der Waals surface area contributed by atoms with E-state index in [1.165, 1.54) is 0 Å². The summed E-state index contributed by atoms with van der Waals surface area (Å²) in [5.74, 6) is 1.03. The van der Waals surface area contributed by atoms with Crippen LogP contribution in [0.5, 0.6) is 5.75 Å². The highest BCUT2D eigenvalue weighted by Crippen LogP contribution is 2.07. The third-order valence-corrected chi connectivity index (χ3v) is 1.58. The van der Waals surface area contributed by atoms with Crippen LogP contribution >= 0.6 is 0 Å². The van der Waals surface area contributed by atoms with Gasteiger partial charge in [0.15, 0.2) is 5.94 Å². The number of hydrogen-bond donors (Lipinski definition) is 0. The van der Waals surface area contributed by atoms with Crippen molar-refractivity contribution in [3.05, 3.63) is 30.3 Å². The number of benzene rings is 1. The maximum Gasteiger partial charge on any atom is 0.162 e. The molecule has 1 aromatic rings. The second kappa shape index (κ2) is 4.13. The molecule has 1 atom stereocenters. The molecule has 11 heavy (non-hydrogen) atoms. The summed E-state index contributed by atoms with van der Waals surface area (Å²) in [6.07, 6.45) is 1.61. The predicted molar refractivity (Wildman–Crippen MR) is 46.0 cm³/mol. The second-order valence-corrected chi connectivity index (χ2v) is 3.53. The van der Waals surface area contributed by atoms with Crippen LogP contribution < -0.4 is 4.74 Å². The zero-order valence-corrected chi connectivity index (χ0v) is 7.14. The standard InChI is InChI=1S/C8H10O2S/c1-11(9)7-10-8-5-3-2-4-6-8/h2-6H,7H2,1H3. The molecule has 0 aliphatic carbocycles. The van der Waals surface area contributed by atoms with Crippen molar-refractivity contribution in [2.75, 3.05) is 12.2 Å². The van der Waals surface area contributed by atoms with Gasteiger partial charge in [0.05, 0.1) is 10.8 Å². The van der Waals surface area contributed by atoms with Gasteiger partial charge in [-0.25, -0.2) is 0 Å². The lowest BCUT2D eigenvalue weighted by molar-refractivity contribution is 0.387. The molecular formula is C8H10O2S. The first-order valence-electron chi connectivity index (χ1n) is 3.27. The fourth-order valence-electron chi connectivity index (χ4n) is 0.668. The zero-order chi connectivity index (χ0) is 8.10. The van der Waals surface area contributed by atoms with E-state index < -0.39 is 10.8 Å². The summed E-state index contributed by atoms with van der Waals surface area (Å²) < 4.78 is 15.8. The van der Waals surface area contributed by atoms with Gasteiger partial charge in [0.1, 0.15) is 5.75 Å². The Hall–Kier alpha value is -0.830. The zero-order valence-electron chi connectivity index (χ0n) is 6.32. The van der Waals surface area contributed by atoms with E-state index in [0.717, 1.165) is 5.75 Å². The Balaban J connectivity index is 2.45. The number of hydrogen-bond acceptors (Lipinski definition) is 2. The van der Waals surface area contributed by atoms with E-state index in [0.29, 0.717) is 0 Å². The van der Waals surface area contributed by atoms with E-state index >= 15 is 0 Å². The SMILES string of the molecule is CS(=O)COc1ccccc1. The van der Waals surface area contributed by atoms with E-state index in [1.54, 1.807) is 6.26 Å². The summed E-state index contributed by atoms with van der Waals surface area (Å²) in [7, 11) is -0.888. The third kappa shape index (κ3) is 3.18. The van der Waals surface area contributed by atoms with E-state index in [2.05, 4.69) is 0 Å². The van der Waals surface area contributed by atoms with Gasteiger partial charge in [-0.3, -0.25) is 4.21 Å². The number of rotatable bonds is 3. The molecule has 0 amide bonds. The molecule has 0 bridgehead atoms. The fourth-order valence-corrected chi connectivity index (χ4v) is 0.970. The van der Waals surface area contributed by atoms with Gasteiger partial charge in [-0.15, -0.1) is 0 Å². The summed E-state index contributed by atoms with van der Waals surface area (Å²) in [4.78, 5) is 0. The summed E-state index contributed by atoms with van der Waals surface area (Å²) in [5, 5.41) is 0. The van der Waals surface area contributed by atoms with Crippen LogP contribution in [0.2, 0.25) is 0 Å². The van der Waals surface area contributed by atoms with Gasteiger partial charge in [0.25, 0.3) is 0 Å². The maximum atomic E-state index is 10.6. The van der Waals surface area contributed by atoms with Crippen molar-refractivity contribution in [2.45, 2.75) is 0 Å². The van der Waals surface area contributed by atoms with Crippen LogP contribution in [0, 0.1) is 0 Å². The van der Waals surface area contributed by atoms with Gasteiger partial charge < -0.3 is 4.74 Å². The molecule has 1 unspecified atom stereocenters. The minimum atomic E-state index is -0.888. The minimum Gasteiger partial charge on any atom is -0.480 e. The van der Waals surface area contributed by atoms with Gasteiger partial charge in [-0.2, -0.15) is 0 Å². The first-order chi connectivity index (χ1) is 5.29. The molecule has 0 spiro atoms. The Morgan fingerprint density at radius 1 is 1.36 bits per heavy atom. The Bertz CT molecular complexity index is 233. The van der Waals surface area contributed by atoms with Crippen LogP contribution in [0.4, 0.5) is 0 Å². The van der Waals surface area contributed by atoms with Crippen LogP contribution in [0.1, 0.15) is 0 Å². The van der Waals surface area contributed by atoms with E-state index in [1.807, 2.05) is 30.3 Å². The van der Waals surface area contributed by atoms with Gasteiger partial charge in [-0.1, -0.05) is 18.2 Å². The smallest absolute Gasteiger partial charge is 0.162 e. The molecule has 2 nitrogen and oxygen atoms in total. The van der Waals surface area contributed by atoms with E-state index in [4.69, 9.17) is 4.74 Å². The predicted octanol–water partition coefficient (Wildman–Crippen LogP) is 1.40.